The first kappa shape index (κ1) is 10.9. The van der Waals surface area contributed by atoms with Crippen molar-refractivity contribution in [3.05, 3.63) is 0 Å². The molecule has 0 N–H and O–H groups in total. The number of rotatable bonds is 0. The molecule has 0 spiro atoms. The Morgan fingerprint density at radius 1 is 0.875 bits per heavy atom. The largest absolute Gasteiger partial charge is 0.312 e. The molecule has 0 atom stereocenters. The van der Waals surface area contributed by atoms with Crippen LogP contribution in [-0.2, 0) is 0 Å². The molecular weight excluding hydrogens is 96.9 g/mol. The normalized spacial score (nSPS) is 7.88. The summed E-state index contributed by atoms with van der Waals surface area (Å²) in [6.45, 7) is 7.33. The fraction of sp³-hybridized carbons (Fsp3) is 1.00. The average molecular weight is 115 g/mol. The van der Waals surface area contributed by atoms with Crippen molar-refractivity contribution < 1.29 is 0 Å². The maximum absolute atomic E-state index is 2.17. The molecule has 0 aromatic carbocycles. The van der Waals surface area contributed by atoms with Gasteiger partial charge in [-0.1, -0.05) is 20.5 Å². The lowest BCUT2D eigenvalue weighted by molar-refractivity contribution is 0.505. The van der Waals surface area contributed by atoms with Gasteiger partial charge in [-0.05, 0) is 21.1 Å². The molecule has 0 aliphatic heterocycles. The van der Waals surface area contributed by atoms with Gasteiger partial charge in [0.05, 0.1) is 0 Å². The molecule has 0 aromatic heterocycles. The maximum atomic E-state index is 2.17. The standard InChI is InChI=1S/C3H9B.C3H9N/c2*1-4(2)3/h2*1-3H3. The molecule has 1 nitrogen and oxygen atoms in total. The maximum Gasteiger partial charge on any atom is 0.130 e. The van der Waals surface area contributed by atoms with Crippen molar-refractivity contribution in [2.45, 2.75) is 20.5 Å². The number of hydrogen-bond donors (Lipinski definition) is 0. The van der Waals surface area contributed by atoms with E-state index >= 15 is 0 Å². The summed E-state index contributed by atoms with van der Waals surface area (Å²) in [5.74, 6) is 0. The molecule has 2 heteroatoms. The second-order valence-corrected chi connectivity index (χ2v) is 3.07. The van der Waals surface area contributed by atoms with E-state index in [1.54, 1.807) is 0 Å². The first-order valence-electron chi connectivity index (χ1n) is 3.07. The Morgan fingerprint density at radius 3 is 0.875 bits per heavy atom. The molecule has 0 heterocycles. The summed E-state index contributed by atoms with van der Waals surface area (Å²) in [6, 6.07) is 0. The van der Waals surface area contributed by atoms with Gasteiger partial charge in [0.15, 0.2) is 0 Å². The summed E-state index contributed by atoms with van der Waals surface area (Å²) < 4.78 is 0. The molecule has 0 bridgehead atoms. The topological polar surface area (TPSA) is 3.24 Å². The Morgan fingerprint density at radius 2 is 0.875 bits per heavy atom. The summed E-state index contributed by atoms with van der Waals surface area (Å²) in [7, 11) is 6.00. The minimum atomic E-state index is 0.833. The highest BCUT2D eigenvalue weighted by molar-refractivity contribution is 6.54. The lowest BCUT2D eigenvalue weighted by atomic mass is 9.58. The predicted molar refractivity (Wildman–Crippen MR) is 43.0 cm³/mol. The molecule has 0 saturated heterocycles. The van der Waals surface area contributed by atoms with Gasteiger partial charge in [0.2, 0.25) is 0 Å². The summed E-state index contributed by atoms with van der Waals surface area (Å²) >= 11 is 0. The van der Waals surface area contributed by atoms with Crippen LogP contribution >= 0.6 is 0 Å². The summed E-state index contributed by atoms with van der Waals surface area (Å²) in [4.78, 5) is 2.00. The zero-order valence-electron chi connectivity index (χ0n) is 7.02. The Labute approximate surface area is 54.2 Å². The van der Waals surface area contributed by atoms with E-state index in [9.17, 15) is 0 Å². The van der Waals surface area contributed by atoms with Gasteiger partial charge in [0.1, 0.15) is 6.71 Å². The molecule has 0 aromatic rings. The van der Waals surface area contributed by atoms with Gasteiger partial charge in [-0.25, -0.2) is 0 Å². The highest BCUT2D eigenvalue weighted by Gasteiger charge is 1.76. The third-order valence-electron chi connectivity index (χ3n) is 0. The Bertz CT molecular complexity index is 24.0. The molecule has 50 valence electrons. The molecule has 0 radical (unpaired) electrons. The van der Waals surface area contributed by atoms with E-state index in [0.717, 1.165) is 6.71 Å². The molecule has 0 aliphatic carbocycles. The van der Waals surface area contributed by atoms with Gasteiger partial charge < -0.3 is 4.90 Å². The van der Waals surface area contributed by atoms with Crippen molar-refractivity contribution in [2.75, 3.05) is 21.1 Å². The smallest absolute Gasteiger partial charge is 0.130 e. The summed E-state index contributed by atoms with van der Waals surface area (Å²) in [5.41, 5.74) is 0. The molecule has 0 aliphatic rings. The van der Waals surface area contributed by atoms with E-state index in [1.807, 2.05) is 26.0 Å². The van der Waals surface area contributed by atoms with E-state index in [0.29, 0.717) is 0 Å². The first-order chi connectivity index (χ1) is 3.46. The third-order valence-corrected chi connectivity index (χ3v) is 0. The summed E-state index contributed by atoms with van der Waals surface area (Å²) in [5, 5.41) is 0. The highest BCUT2D eigenvalue weighted by atomic mass is 15.0. The quantitative estimate of drug-likeness (QED) is 0.433. The summed E-state index contributed by atoms with van der Waals surface area (Å²) in [6.07, 6.45) is 0. The number of nitrogens with zero attached hydrogens (tertiary/aromatic N) is 1. The van der Waals surface area contributed by atoms with Crippen LogP contribution in [0.5, 0.6) is 0 Å². The Hall–Kier alpha value is 0.0249. The van der Waals surface area contributed by atoms with E-state index in [1.165, 1.54) is 0 Å². The van der Waals surface area contributed by atoms with Crippen LogP contribution < -0.4 is 0 Å². The fourth-order valence-electron chi connectivity index (χ4n) is 0. The van der Waals surface area contributed by atoms with Crippen molar-refractivity contribution in [1.82, 2.24) is 4.90 Å². The highest BCUT2D eigenvalue weighted by Crippen LogP contribution is 1.68. The van der Waals surface area contributed by atoms with Crippen molar-refractivity contribution in [2.24, 2.45) is 0 Å². The monoisotopic (exact) mass is 115 g/mol. The molecule has 0 rings (SSSR count). The number of hydrogen-bond acceptors (Lipinski definition) is 1. The molecule has 8 heavy (non-hydrogen) atoms. The van der Waals surface area contributed by atoms with Gasteiger partial charge in [-0.2, -0.15) is 0 Å². The van der Waals surface area contributed by atoms with Crippen LogP contribution in [0.2, 0.25) is 20.5 Å². The van der Waals surface area contributed by atoms with Crippen LogP contribution in [0.1, 0.15) is 0 Å². The van der Waals surface area contributed by atoms with Crippen LogP contribution in [0.3, 0.4) is 0 Å². The van der Waals surface area contributed by atoms with Crippen molar-refractivity contribution in [3.8, 4) is 0 Å². The van der Waals surface area contributed by atoms with Crippen LogP contribution in [0.4, 0.5) is 0 Å². The van der Waals surface area contributed by atoms with Crippen molar-refractivity contribution in [3.63, 3.8) is 0 Å². The molecular formula is C6H18BN. The molecule has 0 unspecified atom stereocenters. The lowest BCUT2D eigenvalue weighted by Gasteiger charge is -1.90. The SMILES string of the molecule is CB(C)C.CN(C)C. The van der Waals surface area contributed by atoms with Gasteiger partial charge in [-0.3, -0.25) is 0 Å². The Balaban J connectivity index is 0. The predicted octanol–water partition coefficient (Wildman–Crippen LogP) is 1.55. The Kier molecular flexibility index (Phi) is 9.58. The third kappa shape index (κ3) is 245000. The van der Waals surface area contributed by atoms with E-state index in [4.69, 9.17) is 0 Å². The van der Waals surface area contributed by atoms with Gasteiger partial charge >= 0.3 is 0 Å². The zero-order valence-corrected chi connectivity index (χ0v) is 7.02. The van der Waals surface area contributed by atoms with Gasteiger partial charge in [0, 0.05) is 0 Å². The minimum absolute atomic E-state index is 0.833. The fourth-order valence-corrected chi connectivity index (χ4v) is 0. The van der Waals surface area contributed by atoms with Gasteiger partial charge in [0.25, 0.3) is 0 Å². The van der Waals surface area contributed by atoms with E-state index in [-0.39, 0.29) is 0 Å². The van der Waals surface area contributed by atoms with Crippen LogP contribution in [0, 0.1) is 0 Å². The van der Waals surface area contributed by atoms with E-state index < -0.39 is 0 Å². The zero-order chi connectivity index (χ0) is 7.15. The van der Waals surface area contributed by atoms with Crippen LogP contribution in [0.15, 0.2) is 0 Å². The average Bonchev–Trinajstić information content (AvgIpc) is 1.25. The molecule has 0 fully saturated rings. The second kappa shape index (κ2) is 7.02. The van der Waals surface area contributed by atoms with Gasteiger partial charge in [-0.15, -0.1) is 0 Å². The first-order valence-corrected chi connectivity index (χ1v) is 3.07. The van der Waals surface area contributed by atoms with E-state index in [2.05, 4.69) is 20.5 Å². The lowest BCUT2D eigenvalue weighted by Crippen LogP contribution is -1.99. The second-order valence-electron chi connectivity index (χ2n) is 3.07. The minimum Gasteiger partial charge on any atom is -0.312 e. The molecule has 0 amide bonds. The van der Waals surface area contributed by atoms with Crippen LogP contribution in [0.25, 0.3) is 0 Å². The van der Waals surface area contributed by atoms with Crippen molar-refractivity contribution >= 4 is 6.71 Å². The van der Waals surface area contributed by atoms with Crippen molar-refractivity contribution in [1.29, 1.82) is 0 Å². The van der Waals surface area contributed by atoms with Crippen LogP contribution in [-0.4, -0.2) is 32.8 Å². The molecule has 0 saturated carbocycles.